The first-order valence-corrected chi connectivity index (χ1v) is 4.74. The molecule has 0 aromatic carbocycles. The van der Waals surface area contributed by atoms with Crippen molar-refractivity contribution in [2.75, 3.05) is 34.3 Å². The van der Waals surface area contributed by atoms with Crippen LogP contribution in [0.4, 0.5) is 0 Å². The Bertz CT molecular complexity index is 163. The van der Waals surface area contributed by atoms with Crippen LogP contribution in [0.1, 0.15) is 0 Å². The Balaban J connectivity index is 0. The number of phosphoric ester groups is 1. The van der Waals surface area contributed by atoms with Crippen LogP contribution >= 0.6 is 7.82 Å². The first-order chi connectivity index (χ1) is 4.71. The zero-order valence-electron chi connectivity index (χ0n) is 7.02. The maximum absolute atomic E-state index is 10.2. The third-order valence-corrected chi connectivity index (χ3v) is 1.54. The molecular weight excluding hydrogens is 209 g/mol. The summed E-state index contributed by atoms with van der Waals surface area (Å²) in [6, 6.07) is 0. The van der Waals surface area contributed by atoms with Crippen molar-refractivity contribution in [3.63, 3.8) is 0 Å². The van der Waals surface area contributed by atoms with Crippen LogP contribution in [0.5, 0.6) is 0 Å². The fraction of sp³-hybridized carbons (Fsp3) is 1.00. The van der Waals surface area contributed by atoms with Crippen LogP contribution < -0.4 is 0 Å². The van der Waals surface area contributed by atoms with Crippen LogP contribution in [0.25, 0.3) is 0 Å². The predicted molar refractivity (Wildman–Crippen MR) is 49.4 cm³/mol. The molecule has 0 aliphatic heterocycles. The van der Waals surface area contributed by atoms with Crippen LogP contribution in [0, 0.1) is 0 Å². The number of hydrogen-bond donors (Lipinski definition) is 2. The second kappa shape index (κ2) is 5.94. The molecule has 0 atom stereocenters. The summed E-state index contributed by atoms with van der Waals surface area (Å²) in [5.74, 6) is 0. The fourth-order valence-electron chi connectivity index (χ4n) is 0.434. The van der Waals surface area contributed by atoms with Crippen molar-refractivity contribution in [2.24, 2.45) is 0 Å². The molecule has 0 rings (SSSR count). The van der Waals surface area contributed by atoms with Gasteiger partial charge in [-0.3, -0.25) is 4.52 Å². The molecular formula is C5H17CaNO4P+. The molecule has 12 heavy (non-hydrogen) atoms. The van der Waals surface area contributed by atoms with Gasteiger partial charge in [0, 0.05) is 0 Å². The average molecular weight is 226 g/mol. The number of hydrogen-bond acceptors (Lipinski definition) is 2. The Morgan fingerprint density at radius 2 is 1.75 bits per heavy atom. The monoisotopic (exact) mass is 226 g/mol. The molecule has 0 spiro atoms. The molecule has 0 aliphatic rings. The van der Waals surface area contributed by atoms with E-state index in [0.717, 1.165) is 0 Å². The molecule has 0 unspecified atom stereocenters. The number of phosphoric acid groups is 1. The van der Waals surface area contributed by atoms with Crippen LogP contribution in [0.3, 0.4) is 0 Å². The molecule has 72 valence electrons. The van der Waals surface area contributed by atoms with Gasteiger partial charge in [0.25, 0.3) is 0 Å². The standard InChI is InChI=1S/C5H14NO4P.Ca.2H/c1-6(2,3)4-5-10-11(7,8)9;;;/h4-5H2,1-3H3,(H-,7,8,9);;;/p+1. The second-order valence-electron chi connectivity index (χ2n) is 3.34. The Morgan fingerprint density at radius 1 is 1.33 bits per heavy atom. The maximum atomic E-state index is 10.2. The molecule has 0 saturated heterocycles. The van der Waals surface area contributed by atoms with Crippen LogP contribution in [-0.2, 0) is 9.09 Å². The fourth-order valence-corrected chi connectivity index (χ4v) is 0.753. The van der Waals surface area contributed by atoms with Gasteiger partial charge >= 0.3 is 45.6 Å². The first-order valence-electron chi connectivity index (χ1n) is 3.21. The average Bonchev–Trinajstić information content (AvgIpc) is 1.55. The molecule has 0 radical (unpaired) electrons. The molecule has 0 bridgehead atoms. The van der Waals surface area contributed by atoms with Crippen LogP contribution in [-0.4, -0.2) is 86.3 Å². The SMILES string of the molecule is C[N+](C)(C)CCOP(=O)(O)O.[CaH2]. The zero-order chi connectivity index (χ0) is 9.12. The Labute approximate surface area is 103 Å². The molecule has 0 fully saturated rings. The van der Waals surface area contributed by atoms with E-state index in [1.165, 1.54) is 0 Å². The summed E-state index contributed by atoms with van der Waals surface area (Å²) in [5.41, 5.74) is 0. The van der Waals surface area contributed by atoms with Gasteiger partial charge in [-0.25, -0.2) is 4.57 Å². The molecule has 5 nitrogen and oxygen atoms in total. The molecule has 0 amide bonds. The van der Waals surface area contributed by atoms with Gasteiger partial charge in [-0.1, -0.05) is 0 Å². The van der Waals surface area contributed by atoms with Crippen molar-refractivity contribution in [3.05, 3.63) is 0 Å². The van der Waals surface area contributed by atoms with E-state index in [1.54, 1.807) is 0 Å². The third kappa shape index (κ3) is 13.9. The Morgan fingerprint density at radius 3 is 2.00 bits per heavy atom. The van der Waals surface area contributed by atoms with Gasteiger partial charge < -0.3 is 14.3 Å². The molecule has 0 aliphatic carbocycles. The van der Waals surface area contributed by atoms with Crippen molar-refractivity contribution in [2.45, 2.75) is 0 Å². The van der Waals surface area contributed by atoms with E-state index in [0.29, 0.717) is 11.0 Å². The normalized spacial score (nSPS) is 12.4. The summed E-state index contributed by atoms with van der Waals surface area (Å²) in [7, 11) is 1.50. The van der Waals surface area contributed by atoms with Crippen LogP contribution in [0.15, 0.2) is 0 Å². The van der Waals surface area contributed by atoms with E-state index in [2.05, 4.69) is 4.52 Å². The van der Waals surface area contributed by atoms with E-state index in [1.807, 2.05) is 21.1 Å². The van der Waals surface area contributed by atoms with Crippen molar-refractivity contribution in [3.8, 4) is 0 Å². The Hall–Kier alpha value is 1.33. The van der Waals surface area contributed by atoms with Crippen molar-refractivity contribution < 1.29 is 23.4 Å². The summed E-state index contributed by atoms with van der Waals surface area (Å²) >= 11 is 0. The van der Waals surface area contributed by atoms with E-state index in [9.17, 15) is 4.57 Å². The van der Waals surface area contributed by atoms with Crippen molar-refractivity contribution >= 4 is 45.6 Å². The summed E-state index contributed by atoms with van der Waals surface area (Å²) in [6.45, 7) is 0.652. The number of likely N-dealkylation sites (N-methyl/N-ethyl adjacent to an activating group) is 1. The van der Waals surface area contributed by atoms with E-state index < -0.39 is 7.82 Å². The molecule has 0 aromatic heterocycles. The van der Waals surface area contributed by atoms with Gasteiger partial charge in [0.1, 0.15) is 13.2 Å². The minimum atomic E-state index is -4.26. The van der Waals surface area contributed by atoms with E-state index in [-0.39, 0.29) is 44.3 Å². The summed E-state index contributed by atoms with van der Waals surface area (Å²) < 4.78 is 15.1. The molecule has 2 N–H and O–H groups in total. The molecule has 7 heteroatoms. The quantitative estimate of drug-likeness (QED) is 0.362. The molecule has 0 aromatic rings. The predicted octanol–water partition coefficient (Wildman–Crippen LogP) is -1.11. The number of quaternary nitrogens is 1. The van der Waals surface area contributed by atoms with Crippen molar-refractivity contribution in [1.29, 1.82) is 0 Å². The van der Waals surface area contributed by atoms with Gasteiger partial charge in [-0.15, -0.1) is 0 Å². The van der Waals surface area contributed by atoms with Gasteiger partial charge in [-0.05, 0) is 0 Å². The minimum absolute atomic E-state index is 0. The topological polar surface area (TPSA) is 66.8 Å². The molecule has 0 saturated carbocycles. The summed E-state index contributed by atoms with van der Waals surface area (Å²) in [6.07, 6.45) is 0. The zero-order valence-corrected chi connectivity index (χ0v) is 7.91. The van der Waals surface area contributed by atoms with Gasteiger partial charge in [0.15, 0.2) is 0 Å². The van der Waals surface area contributed by atoms with Crippen molar-refractivity contribution in [1.82, 2.24) is 0 Å². The van der Waals surface area contributed by atoms with Gasteiger partial charge in [-0.2, -0.15) is 0 Å². The number of rotatable bonds is 4. The summed E-state index contributed by atoms with van der Waals surface area (Å²) in [5, 5.41) is 0. The second-order valence-corrected chi connectivity index (χ2v) is 4.58. The van der Waals surface area contributed by atoms with E-state index in [4.69, 9.17) is 9.79 Å². The third-order valence-electron chi connectivity index (χ3n) is 1.02. The van der Waals surface area contributed by atoms with Gasteiger partial charge in [0.05, 0.1) is 21.1 Å². The molecule has 0 heterocycles. The van der Waals surface area contributed by atoms with Crippen LogP contribution in [0.2, 0.25) is 0 Å². The Kier molecular flexibility index (Phi) is 7.81. The van der Waals surface area contributed by atoms with E-state index >= 15 is 0 Å². The first kappa shape index (κ1) is 15.8. The number of nitrogens with zero attached hydrogens (tertiary/aromatic N) is 1. The summed E-state index contributed by atoms with van der Waals surface area (Å²) in [4.78, 5) is 16.6. The van der Waals surface area contributed by atoms with Gasteiger partial charge in [0.2, 0.25) is 0 Å².